The smallest absolute Gasteiger partial charge is 0.0717 e. The van der Waals surface area contributed by atoms with Crippen LogP contribution in [0.25, 0.3) is 0 Å². The maximum Gasteiger partial charge on any atom is 0.0717 e. The summed E-state index contributed by atoms with van der Waals surface area (Å²) in [6.45, 7) is 6.49. The molecule has 0 radical (unpaired) electrons. The fourth-order valence-electron chi connectivity index (χ4n) is 3.67. The van der Waals surface area contributed by atoms with Crippen molar-refractivity contribution in [3.63, 3.8) is 0 Å². The van der Waals surface area contributed by atoms with Gasteiger partial charge < -0.3 is 9.64 Å². The molecule has 0 bridgehead atoms. The van der Waals surface area contributed by atoms with Gasteiger partial charge in [-0.1, -0.05) is 48.5 Å². The lowest BCUT2D eigenvalue weighted by molar-refractivity contribution is 0.0573. The Morgan fingerprint density at radius 3 is 2.36 bits per heavy atom. The van der Waals surface area contributed by atoms with Crippen LogP contribution in [0, 0.1) is 5.92 Å². The van der Waals surface area contributed by atoms with E-state index < -0.39 is 0 Å². The molecule has 3 nitrogen and oxygen atoms in total. The number of unbranched alkanes of at least 4 members (excludes halogenated alkanes) is 1. The van der Waals surface area contributed by atoms with Crippen LogP contribution in [0.1, 0.15) is 31.2 Å². The van der Waals surface area contributed by atoms with Crippen LogP contribution in [0.15, 0.2) is 65.6 Å². The minimum Gasteiger partial charge on any atom is -0.376 e. The topological polar surface area (TPSA) is 15.7 Å². The summed E-state index contributed by atoms with van der Waals surface area (Å²) in [6, 6.07) is 21.1. The van der Waals surface area contributed by atoms with E-state index in [2.05, 4.69) is 76.9 Å². The SMILES string of the molecule is CN(CCCCN1CCC(COCc2ccccc2)CC1)Sc1ccccc1. The first-order chi connectivity index (χ1) is 13.8. The van der Waals surface area contributed by atoms with Crippen LogP contribution >= 0.6 is 11.9 Å². The van der Waals surface area contributed by atoms with E-state index in [4.69, 9.17) is 4.74 Å². The minimum absolute atomic E-state index is 0.730. The molecule has 0 unspecified atom stereocenters. The number of piperidine rings is 1. The molecular weight excluding hydrogens is 364 g/mol. The number of likely N-dealkylation sites (tertiary alicyclic amines) is 1. The highest BCUT2D eigenvalue weighted by atomic mass is 32.2. The Morgan fingerprint density at radius 1 is 0.964 bits per heavy atom. The summed E-state index contributed by atoms with van der Waals surface area (Å²) < 4.78 is 8.29. The van der Waals surface area contributed by atoms with E-state index in [0.717, 1.165) is 25.7 Å². The third-order valence-electron chi connectivity index (χ3n) is 5.37. The van der Waals surface area contributed by atoms with Gasteiger partial charge in [0.25, 0.3) is 0 Å². The maximum absolute atomic E-state index is 5.94. The van der Waals surface area contributed by atoms with Gasteiger partial charge in [0.15, 0.2) is 0 Å². The molecule has 0 aromatic heterocycles. The second-order valence-electron chi connectivity index (χ2n) is 7.75. The summed E-state index contributed by atoms with van der Waals surface area (Å²) in [6.07, 6.45) is 5.10. The number of hydrogen-bond acceptors (Lipinski definition) is 4. The minimum atomic E-state index is 0.730. The normalized spacial score (nSPS) is 15.9. The van der Waals surface area contributed by atoms with Gasteiger partial charge in [-0.25, -0.2) is 4.31 Å². The largest absolute Gasteiger partial charge is 0.376 e. The quantitative estimate of drug-likeness (QED) is 0.375. The van der Waals surface area contributed by atoms with Crippen LogP contribution in [-0.4, -0.2) is 49.0 Å². The Labute approximate surface area is 175 Å². The summed E-state index contributed by atoms with van der Waals surface area (Å²) in [5.74, 6) is 0.730. The number of benzene rings is 2. The van der Waals surface area contributed by atoms with Crippen LogP contribution in [0.2, 0.25) is 0 Å². The van der Waals surface area contributed by atoms with Crippen molar-refractivity contribution in [3.8, 4) is 0 Å². The van der Waals surface area contributed by atoms with Crippen LogP contribution in [0.5, 0.6) is 0 Å². The molecule has 1 heterocycles. The Kier molecular flexibility index (Phi) is 9.38. The highest BCUT2D eigenvalue weighted by molar-refractivity contribution is 7.97. The Bertz CT molecular complexity index is 644. The molecule has 0 amide bonds. The van der Waals surface area contributed by atoms with Gasteiger partial charge in [-0.2, -0.15) is 0 Å². The van der Waals surface area contributed by atoms with Crippen LogP contribution in [0.4, 0.5) is 0 Å². The van der Waals surface area contributed by atoms with Crippen molar-refractivity contribution in [2.45, 2.75) is 37.2 Å². The fourth-order valence-corrected chi connectivity index (χ4v) is 4.53. The lowest BCUT2D eigenvalue weighted by atomic mass is 9.97. The van der Waals surface area contributed by atoms with Gasteiger partial charge >= 0.3 is 0 Å². The molecule has 1 aliphatic heterocycles. The van der Waals surface area contributed by atoms with Crippen molar-refractivity contribution in [1.29, 1.82) is 0 Å². The van der Waals surface area contributed by atoms with Crippen molar-refractivity contribution in [2.24, 2.45) is 5.92 Å². The molecule has 3 rings (SSSR count). The van der Waals surface area contributed by atoms with E-state index in [1.807, 2.05) is 11.9 Å². The second kappa shape index (κ2) is 12.3. The third kappa shape index (κ3) is 7.96. The van der Waals surface area contributed by atoms with Crippen molar-refractivity contribution in [2.75, 3.05) is 39.8 Å². The molecule has 28 heavy (non-hydrogen) atoms. The van der Waals surface area contributed by atoms with Crippen molar-refractivity contribution in [1.82, 2.24) is 9.21 Å². The molecule has 0 saturated carbocycles. The zero-order valence-electron chi connectivity index (χ0n) is 17.1. The lowest BCUT2D eigenvalue weighted by Crippen LogP contribution is -2.35. The van der Waals surface area contributed by atoms with E-state index in [9.17, 15) is 0 Å². The average molecular weight is 399 g/mol. The van der Waals surface area contributed by atoms with Crippen LogP contribution < -0.4 is 0 Å². The number of hydrogen-bond donors (Lipinski definition) is 0. The molecule has 2 aromatic carbocycles. The Balaban J connectivity index is 1.21. The van der Waals surface area contributed by atoms with Gasteiger partial charge in [0.2, 0.25) is 0 Å². The first-order valence-electron chi connectivity index (χ1n) is 10.6. The summed E-state index contributed by atoms with van der Waals surface area (Å²) >= 11 is 1.84. The Morgan fingerprint density at radius 2 is 1.64 bits per heavy atom. The molecule has 1 aliphatic rings. The number of rotatable bonds is 11. The van der Waals surface area contributed by atoms with Crippen LogP contribution in [-0.2, 0) is 11.3 Å². The highest BCUT2D eigenvalue weighted by Gasteiger charge is 2.18. The van der Waals surface area contributed by atoms with Gasteiger partial charge in [-0.05, 0) is 87.9 Å². The number of nitrogens with zero attached hydrogens (tertiary/aromatic N) is 2. The molecule has 0 N–H and O–H groups in total. The first kappa shape index (κ1) is 21.4. The maximum atomic E-state index is 5.94. The lowest BCUT2D eigenvalue weighted by Gasteiger charge is -2.32. The number of ether oxygens (including phenoxy) is 1. The van der Waals surface area contributed by atoms with Crippen molar-refractivity contribution >= 4 is 11.9 Å². The van der Waals surface area contributed by atoms with Gasteiger partial charge in [-0.3, -0.25) is 0 Å². The first-order valence-corrected chi connectivity index (χ1v) is 11.3. The van der Waals surface area contributed by atoms with Crippen molar-refractivity contribution < 1.29 is 4.74 Å². The molecule has 4 heteroatoms. The van der Waals surface area contributed by atoms with E-state index in [-0.39, 0.29) is 0 Å². The zero-order chi connectivity index (χ0) is 19.4. The standard InChI is InChI=1S/C24H34N2OS/c1-25(28-24-12-6-3-7-13-24)16-8-9-17-26-18-14-23(15-19-26)21-27-20-22-10-4-2-5-11-22/h2-7,10-13,23H,8-9,14-21H2,1H3. The summed E-state index contributed by atoms with van der Waals surface area (Å²) in [5.41, 5.74) is 1.27. The zero-order valence-corrected chi connectivity index (χ0v) is 17.9. The van der Waals surface area contributed by atoms with E-state index in [1.165, 1.54) is 55.8 Å². The molecule has 1 saturated heterocycles. The predicted octanol–water partition coefficient (Wildman–Crippen LogP) is 5.33. The molecular formula is C24H34N2OS. The fraction of sp³-hybridized carbons (Fsp3) is 0.500. The van der Waals surface area contributed by atoms with E-state index in [1.54, 1.807) is 0 Å². The summed E-state index contributed by atoms with van der Waals surface area (Å²) in [4.78, 5) is 3.96. The third-order valence-corrected chi connectivity index (χ3v) is 6.35. The van der Waals surface area contributed by atoms with E-state index in [0.29, 0.717) is 0 Å². The molecule has 0 aliphatic carbocycles. The van der Waals surface area contributed by atoms with E-state index >= 15 is 0 Å². The molecule has 2 aromatic rings. The molecule has 0 spiro atoms. The second-order valence-corrected chi connectivity index (χ2v) is 9.03. The van der Waals surface area contributed by atoms with Crippen LogP contribution in [0.3, 0.4) is 0 Å². The van der Waals surface area contributed by atoms with Crippen molar-refractivity contribution in [3.05, 3.63) is 66.2 Å². The molecule has 0 atom stereocenters. The summed E-state index contributed by atoms with van der Waals surface area (Å²) in [7, 11) is 2.19. The van der Waals surface area contributed by atoms with Gasteiger partial charge in [0, 0.05) is 18.0 Å². The highest BCUT2D eigenvalue weighted by Crippen LogP contribution is 2.21. The Hall–Kier alpha value is -1.33. The van der Waals surface area contributed by atoms with Gasteiger partial charge in [-0.15, -0.1) is 0 Å². The molecule has 1 fully saturated rings. The predicted molar refractivity (Wildman–Crippen MR) is 119 cm³/mol. The molecule has 152 valence electrons. The average Bonchev–Trinajstić information content (AvgIpc) is 2.74. The summed E-state index contributed by atoms with van der Waals surface area (Å²) in [5, 5.41) is 0. The monoisotopic (exact) mass is 398 g/mol. The van der Waals surface area contributed by atoms with Gasteiger partial charge in [0.1, 0.15) is 0 Å². The van der Waals surface area contributed by atoms with Gasteiger partial charge in [0.05, 0.1) is 6.61 Å².